The normalized spacial score (nSPS) is 11.4. The van der Waals surface area contributed by atoms with Crippen molar-refractivity contribution in [3.8, 4) is 17.4 Å². The third-order valence-electron chi connectivity index (χ3n) is 2.64. The van der Waals surface area contributed by atoms with Crippen LogP contribution < -0.4 is 4.74 Å². The van der Waals surface area contributed by atoms with Crippen molar-refractivity contribution in [1.82, 2.24) is 19.9 Å². The van der Waals surface area contributed by atoms with Crippen LogP contribution in [0.25, 0.3) is 11.5 Å². The summed E-state index contributed by atoms with van der Waals surface area (Å²) in [4.78, 5) is 15.7. The fourth-order valence-corrected chi connectivity index (χ4v) is 1.77. The molecule has 0 aromatic carbocycles. The Morgan fingerprint density at radius 3 is 2.58 bits per heavy atom. The largest absolute Gasteiger partial charge is 0.481 e. The molecule has 0 aliphatic carbocycles. The molecule has 0 aliphatic rings. The van der Waals surface area contributed by atoms with E-state index < -0.39 is 0 Å². The van der Waals surface area contributed by atoms with Crippen molar-refractivity contribution < 1.29 is 4.74 Å². The molecule has 0 aliphatic heterocycles. The summed E-state index contributed by atoms with van der Waals surface area (Å²) >= 11 is 5.21. The summed E-state index contributed by atoms with van der Waals surface area (Å²) in [5, 5.41) is 0. The second kappa shape index (κ2) is 5.05. The van der Waals surface area contributed by atoms with Gasteiger partial charge < -0.3 is 9.72 Å². The van der Waals surface area contributed by atoms with Crippen molar-refractivity contribution in [3.05, 3.63) is 28.8 Å². The van der Waals surface area contributed by atoms with Crippen LogP contribution in [0.15, 0.2) is 18.5 Å². The van der Waals surface area contributed by atoms with Crippen molar-refractivity contribution in [1.29, 1.82) is 0 Å². The van der Waals surface area contributed by atoms with Gasteiger partial charge in [-0.1, -0.05) is 33.0 Å². The third kappa shape index (κ3) is 3.14. The van der Waals surface area contributed by atoms with E-state index in [1.165, 1.54) is 6.33 Å². The zero-order chi connectivity index (χ0) is 14.0. The topological polar surface area (TPSA) is 63.7 Å². The Labute approximate surface area is 117 Å². The van der Waals surface area contributed by atoms with E-state index >= 15 is 0 Å². The molecule has 6 heteroatoms. The van der Waals surface area contributed by atoms with Crippen LogP contribution in [0.5, 0.6) is 5.88 Å². The highest BCUT2D eigenvalue weighted by atomic mass is 32.1. The predicted molar refractivity (Wildman–Crippen MR) is 75.7 cm³/mol. The van der Waals surface area contributed by atoms with Crippen LogP contribution in [0, 0.1) is 4.64 Å². The van der Waals surface area contributed by atoms with Crippen LogP contribution in [0.4, 0.5) is 0 Å². The smallest absolute Gasteiger partial charge is 0.216 e. The van der Waals surface area contributed by atoms with Crippen molar-refractivity contribution in [2.75, 3.05) is 7.11 Å². The summed E-state index contributed by atoms with van der Waals surface area (Å²) in [7, 11) is 1.56. The van der Waals surface area contributed by atoms with E-state index in [0.29, 0.717) is 22.0 Å². The second-order valence-corrected chi connectivity index (χ2v) is 5.60. The van der Waals surface area contributed by atoms with Gasteiger partial charge in [-0.15, -0.1) is 0 Å². The quantitative estimate of drug-likeness (QED) is 0.854. The molecule has 0 bridgehead atoms. The number of hydrogen-bond acceptors (Lipinski definition) is 5. The van der Waals surface area contributed by atoms with Gasteiger partial charge in [0, 0.05) is 17.2 Å². The molecule has 2 aromatic heterocycles. The molecule has 5 nitrogen and oxygen atoms in total. The fraction of sp³-hybridized carbons (Fsp3) is 0.385. The van der Waals surface area contributed by atoms with E-state index in [1.54, 1.807) is 13.2 Å². The van der Waals surface area contributed by atoms with Gasteiger partial charge in [-0.3, -0.25) is 0 Å². The summed E-state index contributed by atoms with van der Waals surface area (Å²) in [5.41, 5.74) is 1.63. The maximum Gasteiger partial charge on any atom is 0.216 e. The Balaban J connectivity index is 2.56. The first kappa shape index (κ1) is 13.6. The van der Waals surface area contributed by atoms with E-state index in [4.69, 9.17) is 17.0 Å². The van der Waals surface area contributed by atoms with Crippen LogP contribution in [0.1, 0.15) is 26.5 Å². The summed E-state index contributed by atoms with van der Waals surface area (Å²) in [5.74, 6) is 1.12. The molecule has 0 saturated carbocycles. The Morgan fingerprint density at radius 1 is 1.21 bits per heavy atom. The van der Waals surface area contributed by atoms with E-state index in [1.807, 2.05) is 6.07 Å². The lowest BCUT2D eigenvalue weighted by Gasteiger charge is -2.19. The zero-order valence-electron chi connectivity index (χ0n) is 11.4. The average molecular weight is 276 g/mol. The number of nitrogens with zero attached hydrogens (tertiary/aromatic N) is 3. The first-order chi connectivity index (χ1) is 8.90. The highest BCUT2D eigenvalue weighted by Crippen LogP contribution is 2.23. The number of aromatic amines is 1. The van der Waals surface area contributed by atoms with Crippen molar-refractivity contribution in [3.63, 3.8) is 0 Å². The fourth-order valence-electron chi connectivity index (χ4n) is 1.56. The lowest BCUT2D eigenvalue weighted by molar-refractivity contribution is 0.397. The molecule has 0 saturated heterocycles. The van der Waals surface area contributed by atoms with Crippen LogP contribution in [0.3, 0.4) is 0 Å². The minimum Gasteiger partial charge on any atom is -0.481 e. The monoisotopic (exact) mass is 276 g/mol. The Bertz CT molecular complexity index is 646. The number of aromatic nitrogens is 4. The highest BCUT2D eigenvalue weighted by molar-refractivity contribution is 7.71. The van der Waals surface area contributed by atoms with Gasteiger partial charge in [0.15, 0.2) is 5.82 Å². The van der Waals surface area contributed by atoms with Crippen LogP contribution in [0.2, 0.25) is 0 Å². The van der Waals surface area contributed by atoms with Gasteiger partial charge in [0.1, 0.15) is 16.7 Å². The molecule has 0 unspecified atom stereocenters. The van der Waals surface area contributed by atoms with Gasteiger partial charge in [0.25, 0.3) is 0 Å². The molecule has 19 heavy (non-hydrogen) atoms. The Morgan fingerprint density at radius 2 is 1.95 bits per heavy atom. The lowest BCUT2D eigenvalue weighted by atomic mass is 9.92. The average Bonchev–Trinajstić information content (AvgIpc) is 2.37. The molecular formula is C13H16N4OS. The van der Waals surface area contributed by atoms with Crippen LogP contribution in [-0.4, -0.2) is 27.0 Å². The SMILES string of the molecule is COc1cc(-c2nc(=S)cc(C(C)(C)C)[nH]2)ncn1. The van der Waals surface area contributed by atoms with Crippen molar-refractivity contribution in [2.24, 2.45) is 0 Å². The van der Waals surface area contributed by atoms with Gasteiger partial charge >= 0.3 is 0 Å². The van der Waals surface area contributed by atoms with Gasteiger partial charge in [-0.05, 0) is 6.07 Å². The molecule has 0 spiro atoms. The predicted octanol–water partition coefficient (Wildman–Crippen LogP) is 2.90. The maximum absolute atomic E-state index is 5.21. The highest BCUT2D eigenvalue weighted by Gasteiger charge is 2.16. The first-order valence-corrected chi connectivity index (χ1v) is 6.29. The number of H-pyrrole nitrogens is 1. The second-order valence-electron chi connectivity index (χ2n) is 5.18. The number of nitrogens with one attached hydrogen (secondary N) is 1. The first-order valence-electron chi connectivity index (χ1n) is 5.88. The van der Waals surface area contributed by atoms with E-state index in [9.17, 15) is 0 Å². The molecule has 0 atom stereocenters. The molecule has 100 valence electrons. The van der Waals surface area contributed by atoms with Gasteiger partial charge in [-0.25, -0.2) is 15.0 Å². The summed E-state index contributed by atoms with van der Waals surface area (Å²) < 4.78 is 5.62. The molecule has 0 radical (unpaired) electrons. The summed E-state index contributed by atoms with van der Waals surface area (Å²) in [6, 6.07) is 3.59. The number of hydrogen-bond donors (Lipinski definition) is 1. The summed E-state index contributed by atoms with van der Waals surface area (Å²) in [6.45, 7) is 6.33. The Hall–Kier alpha value is -1.82. The van der Waals surface area contributed by atoms with Gasteiger partial charge in [-0.2, -0.15) is 0 Å². The molecule has 0 amide bonds. The van der Waals surface area contributed by atoms with Crippen molar-refractivity contribution >= 4 is 12.2 Å². The van der Waals surface area contributed by atoms with Gasteiger partial charge in [0.05, 0.1) is 7.11 Å². The van der Waals surface area contributed by atoms with Gasteiger partial charge in [0.2, 0.25) is 5.88 Å². The van der Waals surface area contributed by atoms with E-state index in [-0.39, 0.29) is 5.41 Å². The molecule has 2 heterocycles. The molecular weight excluding hydrogens is 260 g/mol. The Kier molecular flexibility index (Phi) is 3.61. The lowest BCUT2D eigenvalue weighted by Crippen LogP contribution is -2.14. The zero-order valence-corrected chi connectivity index (χ0v) is 12.2. The third-order valence-corrected chi connectivity index (χ3v) is 2.85. The van der Waals surface area contributed by atoms with Crippen LogP contribution >= 0.6 is 12.2 Å². The molecule has 2 aromatic rings. The van der Waals surface area contributed by atoms with E-state index in [2.05, 4.69) is 40.7 Å². The maximum atomic E-state index is 5.21. The van der Waals surface area contributed by atoms with E-state index in [0.717, 1.165) is 5.69 Å². The number of methoxy groups -OCH3 is 1. The minimum absolute atomic E-state index is 0.0393. The number of rotatable bonds is 2. The molecule has 1 N–H and O–H groups in total. The summed E-state index contributed by atoms with van der Waals surface area (Å²) in [6.07, 6.45) is 1.44. The number of ether oxygens (including phenoxy) is 1. The van der Waals surface area contributed by atoms with Crippen molar-refractivity contribution in [2.45, 2.75) is 26.2 Å². The van der Waals surface area contributed by atoms with Crippen LogP contribution in [-0.2, 0) is 5.41 Å². The standard InChI is InChI=1S/C13H16N4OS/c1-13(2,3)9-6-11(19)17-12(16-9)8-5-10(18-4)15-7-14-8/h5-7H,1-4H3,(H,16,17,19). The molecule has 0 fully saturated rings. The molecule has 2 rings (SSSR count). The minimum atomic E-state index is -0.0393.